The molecule has 1 aromatic carbocycles. The molecule has 0 bridgehead atoms. The molecule has 10 N–H and O–H groups in total. The van der Waals surface area contributed by atoms with Gasteiger partial charge in [0.25, 0.3) is 0 Å². The van der Waals surface area contributed by atoms with Gasteiger partial charge in [0.05, 0.1) is 26.4 Å². The minimum Gasteiger partial charge on any atom is -0.394 e. The van der Waals surface area contributed by atoms with Crippen LogP contribution in [-0.4, -0.2) is 163 Å². The number of aliphatic hydroxyl groups is 10. The van der Waals surface area contributed by atoms with Crippen molar-refractivity contribution in [2.45, 2.75) is 98.7 Å². The molecular weight excluding hydrogens is 556 g/mol. The molecule has 0 aliphatic carbocycles. The van der Waals surface area contributed by atoms with E-state index in [9.17, 15) is 51.1 Å². The predicted octanol–water partition coefficient (Wildman–Crippen LogP) is -5.35. The van der Waals surface area contributed by atoms with Crippen LogP contribution < -0.4 is 0 Å². The maximum Gasteiger partial charge on any atom is 0.187 e. The summed E-state index contributed by atoms with van der Waals surface area (Å²) in [5.41, 5.74) is 0.703. The molecule has 4 rings (SSSR count). The van der Waals surface area contributed by atoms with Gasteiger partial charge in [-0.1, -0.05) is 30.3 Å². The van der Waals surface area contributed by atoms with Crippen molar-refractivity contribution in [2.24, 2.45) is 0 Å². The Hall–Kier alpha value is -1.42. The van der Waals surface area contributed by atoms with Gasteiger partial charge in [-0.2, -0.15) is 0 Å². The molecule has 0 radical (unpaired) electrons. The highest BCUT2D eigenvalue weighted by molar-refractivity contribution is 5.13. The van der Waals surface area contributed by atoms with Gasteiger partial charge in [0.2, 0.25) is 0 Å². The highest BCUT2D eigenvalue weighted by Gasteiger charge is 2.52. The molecule has 3 fully saturated rings. The Morgan fingerprint density at radius 1 is 0.561 bits per heavy atom. The molecule has 16 nitrogen and oxygen atoms in total. The summed E-state index contributed by atoms with van der Waals surface area (Å²) in [4.78, 5) is 0. The molecule has 0 saturated carbocycles. The van der Waals surface area contributed by atoms with Gasteiger partial charge in [-0.25, -0.2) is 0 Å². The zero-order valence-electron chi connectivity index (χ0n) is 21.8. The molecule has 2 unspecified atom stereocenters. The van der Waals surface area contributed by atoms with Crippen LogP contribution in [0.15, 0.2) is 30.3 Å². The third-order valence-electron chi connectivity index (χ3n) is 7.33. The fourth-order valence-corrected chi connectivity index (χ4v) is 4.87. The van der Waals surface area contributed by atoms with Gasteiger partial charge >= 0.3 is 0 Å². The average Bonchev–Trinajstić information content (AvgIpc) is 2.98. The zero-order valence-corrected chi connectivity index (χ0v) is 21.8. The van der Waals surface area contributed by atoms with E-state index in [1.165, 1.54) is 0 Å². The maximum atomic E-state index is 11.2. The van der Waals surface area contributed by atoms with Crippen LogP contribution in [-0.2, 0) is 35.0 Å². The van der Waals surface area contributed by atoms with E-state index in [0.717, 1.165) is 0 Å². The number of aliphatic hydroxyl groups excluding tert-OH is 10. The first-order valence-corrected chi connectivity index (χ1v) is 13.1. The van der Waals surface area contributed by atoms with E-state index in [1.807, 2.05) is 0 Å². The molecular formula is C25H38O16. The normalized spacial score (nSPS) is 45.5. The van der Waals surface area contributed by atoms with Crippen LogP contribution in [0.1, 0.15) is 5.56 Å². The molecule has 3 heterocycles. The quantitative estimate of drug-likeness (QED) is 0.121. The van der Waals surface area contributed by atoms with Crippen molar-refractivity contribution in [3.05, 3.63) is 35.9 Å². The number of rotatable bonds is 10. The van der Waals surface area contributed by atoms with Crippen molar-refractivity contribution < 1.29 is 79.5 Å². The summed E-state index contributed by atoms with van der Waals surface area (Å²) in [5, 5.41) is 102. The molecule has 0 spiro atoms. The van der Waals surface area contributed by atoms with Gasteiger partial charge in [0.15, 0.2) is 18.9 Å². The third kappa shape index (κ3) is 7.22. The van der Waals surface area contributed by atoms with Crippen molar-refractivity contribution in [1.29, 1.82) is 0 Å². The smallest absolute Gasteiger partial charge is 0.187 e. The van der Waals surface area contributed by atoms with Crippen LogP contribution in [0.5, 0.6) is 0 Å². The monoisotopic (exact) mass is 594 g/mol. The summed E-state index contributed by atoms with van der Waals surface area (Å²) in [6.07, 6.45) is -23.8. The molecule has 234 valence electrons. The van der Waals surface area contributed by atoms with Crippen molar-refractivity contribution >= 4 is 0 Å². The van der Waals surface area contributed by atoms with Gasteiger partial charge in [0.1, 0.15) is 73.2 Å². The Labute approximate surface area is 234 Å². The van der Waals surface area contributed by atoms with Gasteiger partial charge in [-0.15, -0.1) is 0 Å². The van der Waals surface area contributed by atoms with Crippen LogP contribution in [0.25, 0.3) is 0 Å². The second-order valence-corrected chi connectivity index (χ2v) is 10.1. The van der Waals surface area contributed by atoms with E-state index < -0.39 is 112 Å². The molecule has 3 saturated heterocycles. The number of ether oxygens (including phenoxy) is 6. The fraction of sp³-hybridized carbons (Fsp3) is 0.760. The lowest BCUT2D eigenvalue weighted by molar-refractivity contribution is -0.366. The van der Waals surface area contributed by atoms with E-state index in [2.05, 4.69) is 0 Å². The lowest BCUT2D eigenvalue weighted by atomic mass is 9.96. The Kier molecular flexibility index (Phi) is 11.4. The minimum atomic E-state index is -1.82. The summed E-state index contributed by atoms with van der Waals surface area (Å²) in [5.74, 6) is 0. The molecule has 41 heavy (non-hydrogen) atoms. The maximum absolute atomic E-state index is 11.2. The molecule has 15 atom stereocenters. The summed E-state index contributed by atoms with van der Waals surface area (Å²) >= 11 is 0. The van der Waals surface area contributed by atoms with Gasteiger partial charge < -0.3 is 79.5 Å². The zero-order chi connectivity index (χ0) is 29.8. The predicted molar refractivity (Wildman–Crippen MR) is 130 cm³/mol. The largest absolute Gasteiger partial charge is 0.394 e. The van der Waals surface area contributed by atoms with Crippen LogP contribution in [0, 0.1) is 0 Å². The highest BCUT2D eigenvalue weighted by atomic mass is 16.7. The topological polar surface area (TPSA) is 258 Å². The molecule has 3 aliphatic rings. The van der Waals surface area contributed by atoms with E-state index in [4.69, 9.17) is 28.4 Å². The van der Waals surface area contributed by atoms with Crippen molar-refractivity contribution in [2.75, 3.05) is 19.8 Å². The first kappa shape index (κ1) is 32.5. The summed E-state index contributed by atoms with van der Waals surface area (Å²) in [7, 11) is 0. The lowest BCUT2D eigenvalue weighted by Gasteiger charge is -2.46. The number of hydrogen-bond acceptors (Lipinski definition) is 16. The minimum absolute atomic E-state index is 0.0563. The summed E-state index contributed by atoms with van der Waals surface area (Å²) < 4.78 is 33.2. The van der Waals surface area contributed by atoms with Crippen LogP contribution in [0.2, 0.25) is 0 Å². The Balaban J connectivity index is 1.50. The van der Waals surface area contributed by atoms with Crippen molar-refractivity contribution in [3.63, 3.8) is 0 Å². The SMILES string of the molecule is OC[C@H]1OC(OC[C@H]2O[C@H](O)[C@@H](OCc3ccccc3)[C@@H](OC3O[C@H](CO)[C@@H](O)[C@H](O)[C@@H]3O)[C@@H]2O)[C@@H](O)[C@@H](O)[C@@H]1O. The average molecular weight is 595 g/mol. The Morgan fingerprint density at radius 3 is 1.71 bits per heavy atom. The summed E-state index contributed by atoms with van der Waals surface area (Å²) in [6, 6.07) is 8.80. The van der Waals surface area contributed by atoms with E-state index >= 15 is 0 Å². The number of benzene rings is 1. The summed E-state index contributed by atoms with van der Waals surface area (Å²) in [6.45, 7) is -2.05. The molecule has 1 aromatic rings. The molecule has 16 heteroatoms. The first-order valence-electron chi connectivity index (χ1n) is 13.1. The molecule has 3 aliphatic heterocycles. The van der Waals surface area contributed by atoms with E-state index in [-0.39, 0.29) is 6.61 Å². The van der Waals surface area contributed by atoms with Crippen LogP contribution in [0.3, 0.4) is 0 Å². The fourth-order valence-electron chi connectivity index (χ4n) is 4.87. The number of hydrogen-bond donors (Lipinski definition) is 10. The van der Waals surface area contributed by atoms with E-state index in [1.54, 1.807) is 30.3 Å². The highest BCUT2D eigenvalue weighted by Crippen LogP contribution is 2.31. The molecule has 0 aromatic heterocycles. The van der Waals surface area contributed by atoms with Gasteiger partial charge in [-0.05, 0) is 5.56 Å². The van der Waals surface area contributed by atoms with E-state index in [0.29, 0.717) is 5.56 Å². The van der Waals surface area contributed by atoms with Crippen LogP contribution in [0.4, 0.5) is 0 Å². The Bertz CT molecular complexity index is 922. The van der Waals surface area contributed by atoms with Crippen LogP contribution >= 0.6 is 0 Å². The van der Waals surface area contributed by atoms with Crippen molar-refractivity contribution in [3.8, 4) is 0 Å². The second kappa shape index (κ2) is 14.4. The van der Waals surface area contributed by atoms with Crippen molar-refractivity contribution in [1.82, 2.24) is 0 Å². The van der Waals surface area contributed by atoms with Gasteiger partial charge in [0, 0.05) is 0 Å². The Morgan fingerprint density at radius 2 is 1.12 bits per heavy atom. The van der Waals surface area contributed by atoms with Gasteiger partial charge in [-0.3, -0.25) is 0 Å². The lowest BCUT2D eigenvalue weighted by Crippen LogP contribution is -2.65. The first-order chi connectivity index (χ1) is 19.6. The second-order valence-electron chi connectivity index (χ2n) is 10.1. The molecule has 0 amide bonds. The third-order valence-corrected chi connectivity index (χ3v) is 7.33. The standard InChI is InChI=1S/C25H38O16/c26-6-11-14(28)17(31)19(33)24(39-11)37-9-13-16(30)21(41-25-20(34)18(32)15(29)12(7-27)40-25)22(23(35)38-13)36-8-10-4-2-1-3-5-10/h1-5,11-35H,6-9H2/t11-,12-,13-,14-,15-,16-,17+,18+,19+,20+,21+,22+,23+,24?,25?/m1/s1.